The Morgan fingerprint density at radius 3 is 2.82 bits per heavy atom. The molecule has 1 amide bonds. The molecule has 0 aromatic carbocycles. The number of anilines is 1. The maximum atomic E-state index is 12.0. The van der Waals surface area contributed by atoms with Crippen LogP contribution < -0.4 is 5.73 Å². The van der Waals surface area contributed by atoms with Crippen LogP contribution in [0.5, 0.6) is 0 Å². The summed E-state index contributed by atoms with van der Waals surface area (Å²) in [6.07, 6.45) is 1.43. The smallest absolute Gasteiger partial charge is 0.255 e. The fourth-order valence-electron chi connectivity index (χ4n) is 1.35. The van der Waals surface area contributed by atoms with Crippen LogP contribution in [0.4, 0.5) is 5.82 Å². The molecule has 1 rings (SSSR count). The molecule has 0 atom stereocenters. The molecular weight excluding hydrogens is 222 g/mol. The molecule has 0 saturated carbocycles. The monoisotopic (exact) mass is 239 g/mol. The molecule has 0 saturated heterocycles. The number of aliphatic hydroxyl groups excluding tert-OH is 1. The summed E-state index contributed by atoms with van der Waals surface area (Å²) in [5.41, 5.74) is 5.89. The number of carbonyl (C=O) groups is 1. The van der Waals surface area contributed by atoms with Gasteiger partial charge in [-0.15, -0.1) is 0 Å². The van der Waals surface area contributed by atoms with E-state index in [1.807, 2.05) is 0 Å². The summed E-state index contributed by atoms with van der Waals surface area (Å²) in [5.74, 6) is 0.177. The lowest BCUT2D eigenvalue weighted by Crippen LogP contribution is -2.36. The van der Waals surface area contributed by atoms with Gasteiger partial charge in [0.15, 0.2) is 0 Å². The van der Waals surface area contributed by atoms with Crippen LogP contribution in [-0.4, -0.2) is 54.3 Å². The number of aromatic nitrogens is 1. The predicted octanol–water partition coefficient (Wildman–Crippen LogP) is -0.255. The minimum atomic E-state index is -0.191. The number of carbonyl (C=O) groups excluding carboxylic acids is 1. The zero-order valence-corrected chi connectivity index (χ0v) is 9.80. The molecule has 6 heteroatoms. The van der Waals surface area contributed by atoms with Gasteiger partial charge in [0.05, 0.1) is 18.8 Å². The quantitative estimate of drug-likeness (QED) is 0.714. The summed E-state index contributed by atoms with van der Waals surface area (Å²) in [6, 6.07) is 3.18. The average molecular weight is 239 g/mol. The van der Waals surface area contributed by atoms with E-state index >= 15 is 0 Å². The van der Waals surface area contributed by atoms with Crippen LogP contribution in [0.3, 0.4) is 0 Å². The van der Waals surface area contributed by atoms with Gasteiger partial charge in [-0.25, -0.2) is 4.98 Å². The number of pyridine rings is 1. The Morgan fingerprint density at radius 2 is 2.29 bits per heavy atom. The number of amides is 1. The summed E-state index contributed by atoms with van der Waals surface area (Å²) in [4.78, 5) is 17.4. The van der Waals surface area contributed by atoms with E-state index in [9.17, 15) is 4.79 Å². The first-order chi connectivity index (χ1) is 8.19. The summed E-state index contributed by atoms with van der Waals surface area (Å²) >= 11 is 0. The number of rotatable bonds is 6. The average Bonchev–Trinajstić information content (AvgIpc) is 2.34. The van der Waals surface area contributed by atoms with E-state index in [-0.39, 0.29) is 19.1 Å². The first kappa shape index (κ1) is 13.4. The van der Waals surface area contributed by atoms with Crippen molar-refractivity contribution in [2.24, 2.45) is 0 Å². The predicted molar refractivity (Wildman–Crippen MR) is 63.5 cm³/mol. The first-order valence-electron chi connectivity index (χ1n) is 5.29. The summed E-state index contributed by atoms with van der Waals surface area (Å²) in [6.45, 7) is 1.04. The molecule has 0 spiro atoms. The molecule has 1 heterocycles. The number of aliphatic hydroxyl groups is 1. The Labute approximate surface area is 100 Å². The third kappa shape index (κ3) is 4.01. The Balaban J connectivity index is 2.72. The third-order valence-electron chi connectivity index (χ3n) is 2.26. The summed E-state index contributed by atoms with van der Waals surface area (Å²) < 4.78 is 4.91. The van der Waals surface area contributed by atoms with Gasteiger partial charge in [0.1, 0.15) is 5.82 Å². The highest BCUT2D eigenvalue weighted by atomic mass is 16.5. The maximum Gasteiger partial charge on any atom is 0.255 e. The Hall–Kier alpha value is -1.66. The van der Waals surface area contributed by atoms with Crippen molar-refractivity contribution < 1.29 is 14.6 Å². The summed E-state index contributed by atoms with van der Waals surface area (Å²) in [5, 5.41) is 8.91. The molecule has 1 aromatic heterocycles. The molecular formula is C11H17N3O3. The maximum absolute atomic E-state index is 12.0. The lowest BCUT2D eigenvalue weighted by molar-refractivity contribution is 0.0656. The van der Waals surface area contributed by atoms with Gasteiger partial charge in [-0.2, -0.15) is 0 Å². The second-order valence-corrected chi connectivity index (χ2v) is 3.48. The van der Waals surface area contributed by atoms with E-state index in [4.69, 9.17) is 15.6 Å². The van der Waals surface area contributed by atoms with Crippen molar-refractivity contribution in [1.29, 1.82) is 0 Å². The van der Waals surface area contributed by atoms with E-state index in [1.54, 1.807) is 19.2 Å². The van der Waals surface area contributed by atoms with E-state index in [1.165, 1.54) is 11.1 Å². The molecule has 0 bridgehead atoms. The number of nitrogens with two attached hydrogens (primary N) is 1. The van der Waals surface area contributed by atoms with Crippen molar-refractivity contribution in [3.05, 3.63) is 23.9 Å². The largest absolute Gasteiger partial charge is 0.395 e. The van der Waals surface area contributed by atoms with Gasteiger partial charge in [0, 0.05) is 26.4 Å². The minimum absolute atomic E-state index is 0.0855. The van der Waals surface area contributed by atoms with Crippen LogP contribution >= 0.6 is 0 Å². The second-order valence-electron chi connectivity index (χ2n) is 3.48. The van der Waals surface area contributed by atoms with Gasteiger partial charge in [0.2, 0.25) is 0 Å². The molecule has 0 fully saturated rings. The molecule has 0 radical (unpaired) electrons. The number of nitrogens with zero attached hydrogens (tertiary/aromatic N) is 2. The number of nitrogen functional groups attached to an aromatic ring is 1. The van der Waals surface area contributed by atoms with E-state index in [2.05, 4.69) is 4.98 Å². The Bertz CT molecular complexity index is 353. The number of ether oxygens (including phenoxy) is 1. The van der Waals surface area contributed by atoms with Crippen LogP contribution in [-0.2, 0) is 4.74 Å². The van der Waals surface area contributed by atoms with Crippen LogP contribution in [0.1, 0.15) is 10.4 Å². The zero-order chi connectivity index (χ0) is 12.7. The number of hydrogen-bond acceptors (Lipinski definition) is 5. The molecule has 0 aliphatic heterocycles. The van der Waals surface area contributed by atoms with Crippen LogP contribution in [0.15, 0.2) is 18.3 Å². The van der Waals surface area contributed by atoms with Crippen LogP contribution in [0, 0.1) is 0 Å². The molecule has 1 aromatic rings. The van der Waals surface area contributed by atoms with Crippen molar-refractivity contribution >= 4 is 11.7 Å². The van der Waals surface area contributed by atoms with Crippen molar-refractivity contribution in [2.75, 3.05) is 39.1 Å². The van der Waals surface area contributed by atoms with Gasteiger partial charge in [-0.3, -0.25) is 4.79 Å². The van der Waals surface area contributed by atoms with Crippen LogP contribution in [0.2, 0.25) is 0 Å². The fraction of sp³-hybridized carbons (Fsp3) is 0.455. The van der Waals surface area contributed by atoms with Crippen molar-refractivity contribution in [1.82, 2.24) is 9.88 Å². The van der Waals surface area contributed by atoms with Crippen molar-refractivity contribution in [3.8, 4) is 0 Å². The normalized spacial score (nSPS) is 10.2. The highest BCUT2D eigenvalue weighted by Crippen LogP contribution is 2.05. The SMILES string of the molecule is COCCN(CCO)C(=O)c1ccc(N)nc1. The molecule has 0 aliphatic rings. The molecule has 6 nitrogen and oxygen atoms in total. The van der Waals surface area contributed by atoms with Gasteiger partial charge in [-0.05, 0) is 12.1 Å². The van der Waals surface area contributed by atoms with Gasteiger partial charge in [0.25, 0.3) is 5.91 Å². The molecule has 0 aliphatic carbocycles. The lowest BCUT2D eigenvalue weighted by atomic mass is 10.2. The van der Waals surface area contributed by atoms with Crippen molar-refractivity contribution in [2.45, 2.75) is 0 Å². The Kier molecular flexibility index (Phi) is 5.38. The third-order valence-corrected chi connectivity index (χ3v) is 2.26. The van der Waals surface area contributed by atoms with Crippen molar-refractivity contribution in [3.63, 3.8) is 0 Å². The highest BCUT2D eigenvalue weighted by Gasteiger charge is 2.15. The fourth-order valence-corrected chi connectivity index (χ4v) is 1.35. The molecule has 94 valence electrons. The second kappa shape index (κ2) is 6.82. The minimum Gasteiger partial charge on any atom is -0.395 e. The molecule has 3 N–H and O–H groups in total. The first-order valence-corrected chi connectivity index (χ1v) is 5.29. The van der Waals surface area contributed by atoms with Crippen LogP contribution in [0.25, 0.3) is 0 Å². The highest BCUT2D eigenvalue weighted by molar-refractivity contribution is 5.94. The van der Waals surface area contributed by atoms with Gasteiger partial charge >= 0.3 is 0 Å². The molecule has 0 unspecified atom stereocenters. The number of hydrogen-bond donors (Lipinski definition) is 2. The van der Waals surface area contributed by atoms with E-state index in [0.29, 0.717) is 24.5 Å². The number of methoxy groups -OCH3 is 1. The topological polar surface area (TPSA) is 88.7 Å². The standard InChI is InChI=1S/C11H17N3O3/c1-17-7-5-14(4-6-15)11(16)9-2-3-10(12)13-8-9/h2-3,8,15H,4-7H2,1H3,(H2,12,13). The van der Waals surface area contributed by atoms with Gasteiger partial charge in [-0.1, -0.05) is 0 Å². The van der Waals surface area contributed by atoms with E-state index in [0.717, 1.165) is 0 Å². The zero-order valence-electron chi connectivity index (χ0n) is 9.80. The van der Waals surface area contributed by atoms with E-state index < -0.39 is 0 Å². The van der Waals surface area contributed by atoms with Gasteiger partial charge < -0.3 is 20.5 Å². The lowest BCUT2D eigenvalue weighted by Gasteiger charge is -2.21. The Morgan fingerprint density at radius 1 is 1.53 bits per heavy atom. The molecule has 17 heavy (non-hydrogen) atoms. The summed E-state index contributed by atoms with van der Waals surface area (Å²) in [7, 11) is 1.56.